The Kier molecular flexibility index (Phi) is 3.93. The molecule has 2 heterocycles. The first-order chi connectivity index (χ1) is 13.7. The Hall–Kier alpha value is -3.47. The van der Waals surface area contributed by atoms with Crippen molar-refractivity contribution in [2.75, 3.05) is 6.54 Å². The van der Waals surface area contributed by atoms with E-state index in [0.717, 1.165) is 27.6 Å². The molecule has 0 saturated carbocycles. The summed E-state index contributed by atoms with van der Waals surface area (Å²) < 4.78 is 18.7. The zero-order valence-electron chi connectivity index (χ0n) is 15.1. The number of carbonyl (C=O) groups excluding carboxylic acids is 1. The zero-order chi connectivity index (χ0) is 19.1. The molecule has 1 amide bonds. The smallest absolute Gasteiger partial charge is 0.254 e. The Bertz CT molecular complexity index is 1180. The van der Waals surface area contributed by atoms with Crippen LogP contribution in [0.2, 0.25) is 0 Å². The van der Waals surface area contributed by atoms with Gasteiger partial charge in [-0.25, -0.2) is 4.39 Å². The van der Waals surface area contributed by atoms with Crippen molar-refractivity contribution in [3.8, 4) is 11.3 Å². The number of amides is 1. The lowest BCUT2D eigenvalue weighted by Gasteiger charge is -2.26. The fourth-order valence-electron chi connectivity index (χ4n) is 3.81. The molecule has 1 aliphatic heterocycles. The summed E-state index contributed by atoms with van der Waals surface area (Å²) in [5.41, 5.74) is 3.25. The first kappa shape index (κ1) is 16.7. The molecule has 0 aliphatic carbocycles. The zero-order valence-corrected chi connectivity index (χ0v) is 15.1. The molecule has 0 fully saturated rings. The molecule has 3 aromatic carbocycles. The highest BCUT2D eigenvalue weighted by molar-refractivity contribution is 6.07. The van der Waals surface area contributed by atoms with Gasteiger partial charge in [0.2, 0.25) is 0 Å². The third-order valence-electron chi connectivity index (χ3n) is 5.26. The molecular weight excluding hydrogens is 355 g/mol. The number of hydrogen-bond donors (Lipinski definition) is 0. The Labute approximate surface area is 161 Å². The van der Waals surface area contributed by atoms with E-state index in [9.17, 15) is 9.18 Å². The van der Waals surface area contributed by atoms with Gasteiger partial charge in [0.15, 0.2) is 5.76 Å². The van der Waals surface area contributed by atoms with Crippen molar-refractivity contribution in [1.29, 1.82) is 0 Å². The lowest BCUT2D eigenvalue weighted by atomic mass is 9.99. The summed E-state index contributed by atoms with van der Waals surface area (Å²) in [6, 6.07) is 19.9. The molecule has 4 nitrogen and oxygen atoms in total. The number of carbonyl (C=O) groups is 1. The first-order valence-corrected chi connectivity index (χ1v) is 9.21. The highest BCUT2D eigenvalue weighted by atomic mass is 19.1. The number of halogens is 1. The maximum atomic E-state index is 13.2. The summed E-state index contributed by atoms with van der Waals surface area (Å²) in [5, 5.41) is 6.18. The van der Waals surface area contributed by atoms with Gasteiger partial charge in [-0.05, 0) is 47.5 Å². The summed E-state index contributed by atoms with van der Waals surface area (Å²) in [6.45, 7) is 0.993. The number of rotatable bonds is 2. The lowest BCUT2D eigenvalue weighted by Crippen LogP contribution is -2.36. The van der Waals surface area contributed by atoms with Crippen LogP contribution in [0.4, 0.5) is 4.39 Å². The van der Waals surface area contributed by atoms with Crippen LogP contribution in [0.25, 0.3) is 22.1 Å². The van der Waals surface area contributed by atoms with Crippen molar-refractivity contribution in [2.24, 2.45) is 0 Å². The molecule has 0 N–H and O–H groups in total. The maximum Gasteiger partial charge on any atom is 0.254 e. The predicted octanol–water partition coefficient (Wildman–Crippen LogP) is 4.83. The van der Waals surface area contributed by atoms with Crippen LogP contribution in [-0.2, 0) is 13.0 Å². The summed E-state index contributed by atoms with van der Waals surface area (Å²) in [7, 11) is 0. The summed E-state index contributed by atoms with van der Waals surface area (Å²) in [5.74, 6) is 0.366. The van der Waals surface area contributed by atoms with E-state index >= 15 is 0 Å². The van der Waals surface area contributed by atoms with Gasteiger partial charge in [-0.15, -0.1) is 0 Å². The van der Waals surface area contributed by atoms with Crippen molar-refractivity contribution in [2.45, 2.75) is 13.0 Å². The van der Waals surface area contributed by atoms with E-state index in [0.29, 0.717) is 30.8 Å². The number of aromatic nitrogens is 1. The van der Waals surface area contributed by atoms with Gasteiger partial charge in [-0.1, -0.05) is 41.6 Å². The van der Waals surface area contributed by atoms with Gasteiger partial charge in [0.1, 0.15) is 11.5 Å². The van der Waals surface area contributed by atoms with Crippen LogP contribution in [0.3, 0.4) is 0 Å². The Morgan fingerprint density at radius 3 is 2.64 bits per heavy atom. The van der Waals surface area contributed by atoms with E-state index in [2.05, 4.69) is 5.16 Å². The largest absolute Gasteiger partial charge is 0.356 e. The molecule has 28 heavy (non-hydrogen) atoms. The van der Waals surface area contributed by atoms with E-state index in [1.54, 1.807) is 17.0 Å². The van der Waals surface area contributed by atoms with Crippen molar-refractivity contribution in [3.05, 3.63) is 89.4 Å². The second-order valence-electron chi connectivity index (χ2n) is 6.95. The Morgan fingerprint density at radius 2 is 1.79 bits per heavy atom. The summed E-state index contributed by atoms with van der Waals surface area (Å²) in [6.07, 6.45) is 0.655. The molecule has 0 spiro atoms. The first-order valence-electron chi connectivity index (χ1n) is 9.21. The van der Waals surface area contributed by atoms with E-state index in [4.69, 9.17) is 4.52 Å². The average Bonchev–Trinajstić information content (AvgIpc) is 3.16. The normalized spacial score (nSPS) is 13.5. The van der Waals surface area contributed by atoms with Crippen molar-refractivity contribution < 1.29 is 13.7 Å². The second kappa shape index (κ2) is 6.60. The van der Waals surface area contributed by atoms with Crippen LogP contribution in [0.5, 0.6) is 0 Å². The quantitative estimate of drug-likeness (QED) is 0.506. The van der Waals surface area contributed by atoms with Crippen LogP contribution >= 0.6 is 0 Å². The molecule has 0 bridgehead atoms. The Balaban J connectivity index is 1.45. The van der Waals surface area contributed by atoms with E-state index in [1.807, 2.05) is 42.5 Å². The third kappa shape index (κ3) is 2.76. The molecule has 138 valence electrons. The van der Waals surface area contributed by atoms with Crippen molar-refractivity contribution >= 4 is 16.7 Å². The SMILES string of the molecule is O=C(c1cccc2ccccc12)N1CCc2c(noc2-c2ccc(F)cc2)C1. The number of benzene rings is 3. The molecule has 0 atom stereocenters. The summed E-state index contributed by atoms with van der Waals surface area (Å²) >= 11 is 0. The molecular formula is C23H17FN2O2. The molecule has 5 heteroatoms. The van der Waals surface area contributed by atoms with Crippen LogP contribution in [0.1, 0.15) is 21.6 Å². The van der Waals surface area contributed by atoms with Gasteiger partial charge in [0.25, 0.3) is 5.91 Å². The minimum absolute atomic E-state index is 0.00576. The molecule has 1 aliphatic rings. The van der Waals surface area contributed by atoms with Gasteiger partial charge in [-0.2, -0.15) is 0 Å². The van der Waals surface area contributed by atoms with Crippen molar-refractivity contribution in [1.82, 2.24) is 10.1 Å². The molecule has 5 rings (SSSR count). The molecule has 1 aromatic heterocycles. The van der Waals surface area contributed by atoms with E-state index < -0.39 is 0 Å². The van der Waals surface area contributed by atoms with Gasteiger partial charge in [0.05, 0.1) is 6.54 Å². The van der Waals surface area contributed by atoms with E-state index in [1.165, 1.54) is 12.1 Å². The topological polar surface area (TPSA) is 46.3 Å². The van der Waals surface area contributed by atoms with Gasteiger partial charge in [-0.3, -0.25) is 4.79 Å². The standard InChI is InChI=1S/C23H17FN2O2/c24-17-10-8-16(9-11-17)22-20-12-13-26(14-21(20)25-28-22)23(27)19-7-3-5-15-4-1-2-6-18(15)19/h1-11H,12-14H2. The lowest BCUT2D eigenvalue weighted by molar-refractivity contribution is 0.0733. The monoisotopic (exact) mass is 372 g/mol. The fourth-order valence-corrected chi connectivity index (χ4v) is 3.81. The fraction of sp³-hybridized carbons (Fsp3) is 0.130. The highest BCUT2D eigenvalue weighted by Crippen LogP contribution is 2.31. The van der Waals surface area contributed by atoms with Crippen LogP contribution in [-0.4, -0.2) is 22.5 Å². The third-order valence-corrected chi connectivity index (χ3v) is 5.26. The summed E-state index contributed by atoms with van der Waals surface area (Å²) in [4.78, 5) is 15.0. The maximum absolute atomic E-state index is 13.2. The van der Waals surface area contributed by atoms with Gasteiger partial charge >= 0.3 is 0 Å². The van der Waals surface area contributed by atoms with Crippen LogP contribution < -0.4 is 0 Å². The molecule has 0 saturated heterocycles. The predicted molar refractivity (Wildman–Crippen MR) is 104 cm³/mol. The van der Waals surface area contributed by atoms with Crippen LogP contribution in [0, 0.1) is 5.82 Å². The minimum atomic E-state index is -0.288. The van der Waals surface area contributed by atoms with Gasteiger partial charge < -0.3 is 9.42 Å². The number of hydrogen-bond acceptors (Lipinski definition) is 3. The second-order valence-corrected chi connectivity index (χ2v) is 6.95. The van der Waals surface area contributed by atoms with Gasteiger partial charge in [0, 0.05) is 23.2 Å². The van der Waals surface area contributed by atoms with E-state index in [-0.39, 0.29) is 11.7 Å². The number of fused-ring (bicyclic) bond motifs is 2. The van der Waals surface area contributed by atoms with Crippen LogP contribution in [0.15, 0.2) is 71.3 Å². The number of nitrogens with zero attached hydrogens (tertiary/aromatic N) is 2. The molecule has 0 radical (unpaired) electrons. The average molecular weight is 372 g/mol. The molecule has 0 unspecified atom stereocenters. The molecule has 4 aromatic rings. The Morgan fingerprint density at radius 1 is 1.00 bits per heavy atom. The highest BCUT2D eigenvalue weighted by Gasteiger charge is 2.28. The minimum Gasteiger partial charge on any atom is -0.356 e. The van der Waals surface area contributed by atoms with Crippen molar-refractivity contribution in [3.63, 3.8) is 0 Å².